The van der Waals surface area contributed by atoms with Gasteiger partial charge in [-0.05, 0) is 17.7 Å². The molecule has 0 saturated carbocycles. The molecule has 31 heavy (non-hydrogen) atoms. The zero-order valence-corrected chi connectivity index (χ0v) is 17.2. The molecule has 0 amide bonds. The summed E-state index contributed by atoms with van der Waals surface area (Å²) >= 11 is 1.29. The van der Waals surface area contributed by atoms with Gasteiger partial charge in [0.2, 0.25) is 5.88 Å². The standard InChI is InChI=1S/C21H17N5O4S/c1-3-8-24-21-26-18-16(31-21)15-14(19(27)25-18)13(12(9-22)17(23)30-15)10-4-6-11(7-5-10)20(28)29-2/h3-7,13H,1,8,23H2,2H3,(H2,24,25,26,27). The lowest BCUT2D eigenvalue weighted by Gasteiger charge is -2.25. The third-order valence-corrected chi connectivity index (χ3v) is 5.80. The Kier molecular flexibility index (Phi) is 5.19. The molecule has 4 N–H and O–H groups in total. The molecule has 0 spiro atoms. The molecule has 2 aromatic heterocycles. The van der Waals surface area contributed by atoms with Crippen molar-refractivity contribution in [1.29, 1.82) is 5.26 Å². The molecule has 0 bridgehead atoms. The Hall–Kier alpha value is -4.10. The molecule has 3 heterocycles. The number of aromatic nitrogens is 2. The first-order chi connectivity index (χ1) is 15.0. The van der Waals surface area contributed by atoms with Gasteiger partial charge in [-0.3, -0.25) is 4.79 Å². The first kappa shape index (κ1) is 20.2. The van der Waals surface area contributed by atoms with Crippen LogP contribution in [-0.2, 0) is 4.74 Å². The van der Waals surface area contributed by atoms with E-state index in [1.807, 2.05) is 6.07 Å². The zero-order chi connectivity index (χ0) is 22.1. The second-order valence-corrected chi connectivity index (χ2v) is 7.60. The number of nitrogens with two attached hydrogens (primary N) is 1. The summed E-state index contributed by atoms with van der Waals surface area (Å²) in [5, 5.41) is 13.4. The van der Waals surface area contributed by atoms with Crippen LogP contribution in [0, 0.1) is 11.3 Å². The molecule has 1 aromatic carbocycles. The fraction of sp³-hybridized carbons (Fsp3) is 0.143. The van der Waals surface area contributed by atoms with Crippen molar-refractivity contribution in [3.8, 4) is 11.8 Å². The maximum atomic E-state index is 13.0. The van der Waals surface area contributed by atoms with E-state index in [1.54, 1.807) is 30.3 Å². The number of rotatable bonds is 5. The van der Waals surface area contributed by atoms with Gasteiger partial charge in [-0.2, -0.15) is 5.26 Å². The number of ether oxygens (including phenoxy) is 2. The van der Waals surface area contributed by atoms with Crippen molar-refractivity contribution in [3.63, 3.8) is 0 Å². The van der Waals surface area contributed by atoms with E-state index in [1.165, 1.54) is 18.4 Å². The van der Waals surface area contributed by atoms with Gasteiger partial charge in [-0.1, -0.05) is 29.5 Å². The van der Waals surface area contributed by atoms with Crippen molar-refractivity contribution in [2.75, 3.05) is 19.0 Å². The predicted octanol–water partition coefficient (Wildman–Crippen LogP) is 2.59. The van der Waals surface area contributed by atoms with Gasteiger partial charge in [0.1, 0.15) is 16.3 Å². The molecular formula is C21H17N5O4S. The summed E-state index contributed by atoms with van der Waals surface area (Å²) in [5.74, 6) is -1.07. The highest BCUT2D eigenvalue weighted by atomic mass is 32.1. The van der Waals surface area contributed by atoms with Gasteiger partial charge in [0.25, 0.3) is 5.56 Å². The van der Waals surface area contributed by atoms with Crippen molar-refractivity contribution in [1.82, 2.24) is 9.97 Å². The average molecular weight is 435 g/mol. The maximum absolute atomic E-state index is 13.0. The highest BCUT2D eigenvalue weighted by molar-refractivity contribution is 7.22. The molecule has 156 valence electrons. The number of hydrogen-bond acceptors (Lipinski definition) is 9. The zero-order valence-electron chi connectivity index (χ0n) is 16.4. The van der Waals surface area contributed by atoms with Crippen molar-refractivity contribution in [2.45, 2.75) is 5.92 Å². The minimum absolute atomic E-state index is 0.0852. The summed E-state index contributed by atoms with van der Waals surface area (Å²) in [6.07, 6.45) is 1.69. The van der Waals surface area contributed by atoms with Gasteiger partial charge >= 0.3 is 5.97 Å². The SMILES string of the molecule is C=CCNc1nc2[nH]c(=O)c3c(c2s1)OC(N)=C(C#N)C3c1ccc(C(=O)OC)cc1. The minimum Gasteiger partial charge on any atom is -0.465 e. The Balaban J connectivity index is 1.90. The summed E-state index contributed by atoms with van der Waals surface area (Å²) in [7, 11) is 1.29. The topological polar surface area (TPSA) is 143 Å². The number of carbonyl (C=O) groups excluding carboxylic acids is 1. The normalized spacial score (nSPS) is 15.0. The molecule has 0 aliphatic carbocycles. The number of methoxy groups -OCH3 is 1. The number of H-pyrrole nitrogens is 1. The fourth-order valence-electron chi connectivity index (χ4n) is 3.39. The molecule has 3 aromatic rings. The van der Waals surface area contributed by atoms with E-state index in [-0.39, 0.29) is 22.8 Å². The van der Waals surface area contributed by atoms with Crippen LogP contribution >= 0.6 is 11.3 Å². The van der Waals surface area contributed by atoms with Crippen LogP contribution in [0.2, 0.25) is 0 Å². The summed E-state index contributed by atoms with van der Waals surface area (Å²) in [6.45, 7) is 4.16. The molecule has 10 heteroatoms. The number of esters is 1. The summed E-state index contributed by atoms with van der Waals surface area (Å²) in [5.41, 5.74) is 7.29. The minimum atomic E-state index is -0.764. The van der Waals surface area contributed by atoms with Gasteiger partial charge in [0, 0.05) is 6.54 Å². The number of carbonyl (C=O) groups is 1. The molecule has 1 unspecified atom stereocenters. The van der Waals surface area contributed by atoms with Gasteiger partial charge in [-0.15, -0.1) is 6.58 Å². The molecule has 1 aliphatic heterocycles. The van der Waals surface area contributed by atoms with E-state index >= 15 is 0 Å². The maximum Gasteiger partial charge on any atom is 0.337 e. The first-order valence-corrected chi connectivity index (χ1v) is 9.97. The molecule has 1 aliphatic rings. The highest BCUT2D eigenvalue weighted by Crippen LogP contribution is 2.45. The van der Waals surface area contributed by atoms with Crippen LogP contribution in [0.5, 0.6) is 5.75 Å². The second kappa shape index (κ2) is 7.97. The Labute approximate surface area is 180 Å². The summed E-state index contributed by atoms with van der Waals surface area (Å²) in [6, 6.07) is 8.50. The number of allylic oxidation sites excluding steroid dienone is 1. The van der Waals surface area contributed by atoms with E-state index in [0.29, 0.717) is 33.2 Å². The number of pyridine rings is 1. The number of nitrogens with one attached hydrogen (secondary N) is 2. The first-order valence-electron chi connectivity index (χ1n) is 9.15. The largest absolute Gasteiger partial charge is 0.465 e. The molecule has 4 rings (SSSR count). The summed E-state index contributed by atoms with van der Waals surface area (Å²) in [4.78, 5) is 31.9. The van der Waals surface area contributed by atoms with Gasteiger partial charge in [0.15, 0.2) is 16.5 Å². The van der Waals surface area contributed by atoms with E-state index in [0.717, 1.165) is 0 Å². The Morgan fingerprint density at radius 3 is 2.87 bits per heavy atom. The average Bonchev–Trinajstić information content (AvgIpc) is 3.19. The van der Waals surface area contributed by atoms with E-state index in [9.17, 15) is 14.9 Å². The Morgan fingerprint density at radius 2 is 2.23 bits per heavy atom. The Morgan fingerprint density at radius 1 is 1.48 bits per heavy atom. The molecule has 0 radical (unpaired) electrons. The number of nitriles is 1. The highest BCUT2D eigenvalue weighted by Gasteiger charge is 2.35. The van der Waals surface area contributed by atoms with Crippen LogP contribution in [0.1, 0.15) is 27.4 Å². The van der Waals surface area contributed by atoms with Crippen LogP contribution in [-0.4, -0.2) is 29.6 Å². The third kappa shape index (κ3) is 3.41. The number of benzene rings is 1. The number of nitrogens with zero attached hydrogens (tertiary/aromatic N) is 2. The number of thiazole rings is 1. The number of hydrogen-bond donors (Lipinski definition) is 3. The van der Waals surface area contributed by atoms with Crippen LogP contribution < -0.4 is 21.3 Å². The van der Waals surface area contributed by atoms with E-state index in [4.69, 9.17) is 15.2 Å². The molecule has 0 fully saturated rings. The monoisotopic (exact) mass is 435 g/mol. The van der Waals surface area contributed by atoms with Crippen molar-refractivity contribution in [2.24, 2.45) is 5.73 Å². The van der Waals surface area contributed by atoms with Gasteiger partial charge in [-0.25, -0.2) is 9.78 Å². The van der Waals surface area contributed by atoms with Crippen molar-refractivity contribution >= 4 is 32.8 Å². The Bertz CT molecular complexity index is 1330. The molecule has 0 saturated heterocycles. The number of aromatic amines is 1. The smallest absolute Gasteiger partial charge is 0.337 e. The predicted molar refractivity (Wildman–Crippen MR) is 116 cm³/mol. The molecular weight excluding hydrogens is 418 g/mol. The lowest BCUT2D eigenvalue weighted by molar-refractivity contribution is 0.0600. The summed E-state index contributed by atoms with van der Waals surface area (Å²) < 4.78 is 11.1. The molecule has 1 atom stereocenters. The van der Waals surface area contributed by atoms with E-state index in [2.05, 4.69) is 21.9 Å². The van der Waals surface area contributed by atoms with Crippen molar-refractivity contribution < 1.29 is 14.3 Å². The number of fused-ring (bicyclic) bond motifs is 3. The van der Waals surface area contributed by atoms with E-state index < -0.39 is 17.4 Å². The lowest BCUT2D eigenvalue weighted by Crippen LogP contribution is -2.27. The van der Waals surface area contributed by atoms with Gasteiger partial charge < -0.3 is 25.5 Å². The van der Waals surface area contributed by atoms with Crippen LogP contribution in [0.15, 0.2) is 53.2 Å². The quantitative estimate of drug-likeness (QED) is 0.410. The molecule has 9 nitrogen and oxygen atoms in total. The van der Waals surface area contributed by atoms with Crippen molar-refractivity contribution in [3.05, 3.63) is 75.4 Å². The van der Waals surface area contributed by atoms with Crippen LogP contribution in [0.3, 0.4) is 0 Å². The van der Waals surface area contributed by atoms with Crippen LogP contribution in [0.25, 0.3) is 10.3 Å². The lowest BCUT2D eigenvalue weighted by atomic mass is 9.84. The van der Waals surface area contributed by atoms with Crippen LogP contribution in [0.4, 0.5) is 5.13 Å². The second-order valence-electron chi connectivity index (χ2n) is 6.60. The third-order valence-electron chi connectivity index (χ3n) is 4.79. The van der Waals surface area contributed by atoms with Gasteiger partial charge in [0.05, 0.1) is 24.2 Å². The fourth-order valence-corrected chi connectivity index (χ4v) is 4.32. The number of anilines is 1.